The molecule has 0 radical (unpaired) electrons. The van der Waals surface area contributed by atoms with Crippen molar-refractivity contribution in [1.82, 2.24) is 15.2 Å². The lowest BCUT2D eigenvalue weighted by Crippen LogP contribution is -2.16. The fourth-order valence-corrected chi connectivity index (χ4v) is 1.46. The quantitative estimate of drug-likeness (QED) is 0.721. The average Bonchev–Trinajstić information content (AvgIpc) is 2.81. The number of aromatic nitrogens is 3. The summed E-state index contributed by atoms with van der Waals surface area (Å²) in [7, 11) is 0. The maximum absolute atomic E-state index is 11.9. The highest BCUT2D eigenvalue weighted by Gasteiger charge is 2.21. The van der Waals surface area contributed by atoms with Gasteiger partial charge in [0.15, 0.2) is 0 Å². The summed E-state index contributed by atoms with van der Waals surface area (Å²) < 4.78 is 0. The smallest absolute Gasteiger partial charge is 0.295 e. The minimum Gasteiger partial charge on any atom is -0.506 e. The molecule has 6 heteroatoms. The molecule has 3 N–H and O–H groups in total. The zero-order valence-corrected chi connectivity index (χ0v) is 11.1. The van der Waals surface area contributed by atoms with Gasteiger partial charge in [-0.2, -0.15) is 0 Å². The molecule has 1 aromatic carbocycles. The molecule has 0 aliphatic carbocycles. The Morgan fingerprint density at radius 3 is 2.58 bits per heavy atom. The van der Waals surface area contributed by atoms with Crippen molar-refractivity contribution in [2.45, 2.75) is 26.2 Å². The predicted molar refractivity (Wildman–Crippen MR) is 71.1 cm³/mol. The average molecular weight is 260 g/mol. The summed E-state index contributed by atoms with van der Waals surface area (Å²) in [6, 6.07) is 6.49. The molecule has 0 bridgehead atoms. The van der Waals surface area contributed by atoms with Crippen LogP contribution in [0.3, 0.4) is 0 Å². The van der Waals surface area contributed by atoms with Crippen LogP contribution in [0.25, 0.3) is 0 Å². The molecule has 2 aromatic rings. The van der Waals surface area contributed by atoms with E-state index in [0.29, 0.717) is 11.5 Å². The number of nitrogens with one attached hydrogen (secondary N) is 2. The van der Waals surface area contributed by atoms with Gasteiger partial charge in [0.1, 0.15) is 11.6 Å². The van der Waals surface area contributed by atoms with E-state index in [4.69, 9.17) is 0 Å². The monoisotopic (exact) mass is 260 g/mol. The molecular formula is C13H16N4O2. The second-order valence-electron chi connectivity index (χ2n) is 5.23. The Balaban J connectivity index is 2.17. The van der Waals surface area contributed by atoms with Crippen LogP contribution in [-0.4, -0.2) is 26.2 Å². The molecule has 100 valence electrons. The Bertz CT molecular complexity index is 599. The number of nitrogens with zero attached hydrogens (tertiary/aromatic N) is 2. The molecule has 0 unspecified atom stereocenters. The van der Waals surface area contributed by atoms with Crippen molar-refractivity contribution in [3.8, 4) is 5.75 Å². The van der Waals surface area contributed by atoms with Crippen LogP contribution in [0.4, 0.5) is 5.69 Å². The van der Waals surface area contributed by atoms with Crippen molar-refractivity contribution in [2.24, 2.45) is 0 Å². The van der Waals surface area contributed by atoms with Crippen LogP contribution in [0, 0.1) is 0 Å². The van der Waals surface area contributed by atoms with Crippen molar-refractivity contribution in [3.05, 3.63) is 35.9 Å². The first-order chi connectivity index (χ1) is 8.88. The van der Waals surface area contributed by atoms with Crippen molar-refractivity contribution < 1.29 is 9.90 Å². The maximum atomic E-state index is 11.9. The molecule has 2 rings (SSSR count). The first-order valence-corrected chi connectivity index (χ1v) is 5.90. The number of phenols is 1. The van der Waals surface area contributed by atoms with E-state index < -0.39 is 5.91 Å². The van der Waals surface area contributed by atoms with E-state index in [1.54, 1.807) is 18.2 Å². The molecule has 0 saturated heterocycles. The summed E-state index contributed by atoms with van der Waals surface area (Å²) in [4.78, 5) is 16.1. The molecule has 0 fully saturated rings. The van der Waals surface area contributed by atoms with Gasteiger partial charge < -0.3 is 10.4 Å². The van der Waals surface area contributed by atoms with Crippen LogP contribution in [0.1, 0.15) is 37.2 Å². The lowest BCUT2D eigenvalue weighted by Gasteiger charge is -2.12. The maximum Gasteiger partial charge on any atom is 0.295 e. The zero-order chi connectivity index (χ0) is 14.0. The summed E-state index contributed by atoms with van der Waals surface area (Å²) in [5.74, 6) is 0.221. The summed E-state index contributed by atoms with van der Waals surface area (Å²) >= 11 is 0. The first-order valence-electron chi connectivity index (χ1n) is 5.90. The number of aromatic hydroxyl groups is 1. The Hall–Kier alpha value is -2.37. The van der Waals surface area contributed by atoms with Crippen LogP contribution in [0.15, 0.2) is 24.3 Å². The van der Waals surface area contributed by atoms with E-state index in [-0.39, 0.29) is 17.0 Å². The van der Waals surface area contributed by atoms with E-state index >= 15 is 0 Å². The number of anilines is 1. The summed E-state index contributed by atoms with van der Waals surface area (Å²) in [5.41, 5.74) is 0.120. The standard InChI is InChI=1S/C13H16N4O2/c1-13(2,3)12-15-10(16-17-12)11(19)14-8-6-4-5-7-9(8)18/h4-7,18H,1-3H3,(H,14,19)(H,15,16,17). The van der Waals surface area contributed by atoms with Crippen LogP contribution >= 0.6 is 0 Å². The van der Waals surface area contributed by atoms with Gasteiger partial charge in [-0.05, 0) is 12.1 Å². The summed E-state index contributed by atoms with van der Waals surface area (Å²) in [6.07, 6.45) is 0. The molecule has 1 heterocycles. The Labute approximate surface area is 110 Å². The normalized spacial score (nSPS) is 11.3. The van der Waals surface area contributed by atoms with Gasteiger partial charge in [-0.15, -0.1) is 5.10 Å². The van der Waals surface area contributed by atoms with Crippen LogP contribution in [0.5, 0.6) is 5.75 Å². The molecule has 19 heavy (non-hydrogen) atoms. The van der Waals surface area contributed by atoms with Gasteiger partial charge in [-0.3, -0.25) is 9.89 Å². The highest BCUT2D eigenvalue weighted by atomic mass is 16.3. The molecule has 1 amide bonds. The van der Waals surface area contributed by atoms with Gasteiger partial charge in [-0.25, -0.2) is 4.98 Å². The van der Waals surface area contributed by atoms with Crippen molar-refractivity contribution in [2.75, 3.05) is 5.32 Å². The number of hydrogen-bond acceptors (Lipinski definition) is 4. The van der Waals surface area contributed by atoms with Gasteiger partial charge in [-0.1, -0.05) is 32.9 Å². The molecule has 6 nitrogen and oxygen atoms in total. The van der Waals surface area contributed by atoms with E-state index in [2.05, 4.69) is 20.5 Å². The van der Waals surface area contributed by atoms with Gasteiger partial charge in [0.05, 0.1) is 5.69 Å². The summed E-state index contributed by atoms with van der Waals surface area (Å²) in [5, 5.41) is 18.8. The second-order valence-corrected chi connectivity index (χ2v) is 5.23. The van der Waals surface area contributed by atoms with E-state index in [9.17, 15) is 9.90 Å². The lowest BCUT2D eigenvalue weighted by atomic mass is 9.96. The number of rotatable bonds is 2. The van der Waals surface area contributed by atoms with Gasteiger partial charge in [0, 0.05) is 5.41 Å². The molecule has 0 aliphatic rings. The van der Waals surface area contributed by atoms with Gasteiger partial charge in [0.25, 0.3) is 5.91 Å². The Morgan fingerprint density at radius 1 is 1.32 bits per heavy atom. The van der Waals surface area contributed by atoms with E-state index in [1.807, 2.05) is 20.8 Å². The minimum absolute atomic E-state index is 0.00225. The third-order valence-electron chi connectivity index (χ3n) is 2.55. The number of amides is 1. The van der Waals surface area contributed by atoms with Crippen molar-refractivity contribution in [3.63, 3.8) is 0 Å². The Morgan fingerprint density at radius 2 is 2.00 bits per heavy atom. The number of carbonyl (C=O) groups excluding carboxylic acids is 1. The second kappa shape index (κ2) is 4.72. The highest BCUT2D eigenvalue weighted by Crippen LogP contribution is 2.22. The lowest BCUT2D eigenvalue weighted by molar-refractivity contribution is 0.101. The van der Waals surface area contributed by atoms with E-state index in [0.717, 1.165) is 0 Å². The number of H-pyrrole nitrogens is 1. The SMILES string of the molecule is CC(C)(C)c1nc(C(=O)Nc2ccccc2O)n[nH]1. The number of phenolic OH excluding ortho intramolecular Hbond substituents is 1. The van der Waals surface area contributed by atoms with Crippen LogP contribution in [-0.2, 0) is 5.41 Å². The number of para-hydroxylation sites is 2. The topological polar surface area (TPSA) is 90.9 Å². The van der Waals surface area contributed by atoms with Crippen molar-refractivity contribution in [1.29, 1.82) is 0 Å². The van der Waals surface area contributed by atoms with Gasteiger partial charge in [0.2, 0.25) is 5.82 Å². The Kier molecular flexibility index (Phi) is 3.25. The number of hydrogen-bond donors (Lipinski definition) is 3. The van der Waals surface area contributed by atoms with Gasteiger partial charge >= 0.3 is 0 Å². The molecule has 0 saturated carbocycles. The number of benzene rings is 1. The molecule has 0 spiro atoms. The molecule has 0 aliphatic heterocycles. The zero-order valence-electron chi connectivity index (χ0n) is 11.1. The third-order valence-corrected chi connectivity index (χ3v) is 2.55. The van der Waals surface area contributed by atoms with Crippen LogP contribution < -0.4 is 5.32 Å². The predicted octanol–water partition coefficient (Wildman–Crippen LogP) is 2.06. The first kappa shape index (κ1) is 13.1. The summed E-state index contributed by atoms with van der Waals surface area (Å²) in [6.45, 7) is 5.91. The molecular weight excluding hydrogens is 244 g/mol. The highest BCUT2D eigenvalue weighted by molar-refractivity contribution is 6.02. The minimum atomic E-state index is -0.465. The fraction of sp³-hybridized carbons (Fsp3) is 0.308. The fourth-order valence-electron chi connectivity index (χ4n) is 1.46. The molecule has 0 atom stereocenters. The van der Waals surface area contributed by atoms with Crippen LogP contribution in [0.2, 0.25) is 0 Å². The third kappa shape index (κ3) is 2.90. The molecule has 1 aromatic heterocycles. The van der Waals surface area contributed by atoms with Crippen molar-refractivity contribution >= 4 is 11.6 Å². The van der Waals surface area contributed by atoms with E-state index in [1.165, 1.54) is 6.07 Å². The largest absolute Gasteiger partial charge is 0.506 e. The number of aromatic amines is 1. The number of carbonyl (C=O) groups is 1.